The Balaban J connectivity index is 1.64. The smallest absolute Gasteiger partial charge is 0.0613 e. The van der Waals surface area contributed by atoms with E-state index >= 15 is 0 Å². The minimum atomic E-state index is 0.368. The molecule has 2 saturated heterocycles. The van der Waals surface area contributed by atoms with Crippen molar-refractivity contribution in [2.45, 2.75) is 70.6 Å². The van der Waals surface area contributed by atoms with Crippen molar-refractivity contribution in [3.63, 3.8) is 0 Å². The SMILES string of the molecule is CCC1OCCC1CN1CC(C)(C2CC2)NCC1CC. The normalized spacial score (nSPS) is 43.0. The lowest BCUT2D eigenvalue weighted by Crippen LogP contribution is -2.64. The van der Waals surface area contributed by atoms with Crippen LogP contribution in [-0.4, -0.2) is 48.8 Å². The van der Waals surface area contributed by atoms with Crippen LogP contribution in [0.4, 0.5) is 0 Å². The van der Waals surface area contributed by atoms with E-state index in [1.54, 1.807) is 0 Å². The van der Waals surface area contributed by atoms with Gasteiger partial charge in [-0.15, -0.1) is 0 Å². The Kier molecular flexibility index (Phi) is 4.40. The van der Waals surface area contributed by atoms with E-state index in [9.17, 15) is 0 Å². The van der Waals surface area contributed by atoms with E-state index in [0.717, 1.165) is 24.5 Å². The van der Waals surface area contributed by atoms with Crippen LogP contribution in [0.5, 0.6) is 0 Å². The molecule has 3 heteroatoms. The minimum absolute atomic E-state index is 0.368. The lowest BCUT2D eigenvalue weighted by atomic mass is 9.88. The molecule has 0 radical (unpaired) electrons. The molecule has 4 unspecified atom stereocenters. The second-order valence-electron chi connectivity index (χ2n) is 7.43. The summed E-state index contributed by atoms with van der Waals surface area (Å²) < 4.78 is 5.89. The highest BCUT2D eigenvalue weighted by Gasteiger charge is 2.46. The van der Waals surface area contributed by atoms with Crippen LogP contribution in [0.1, 0.15) is 52.9 Å². The van der Waals surface area contributed by atoms with Crippen molar-refractivity contribution in [2.75, 3.05) is 26.2 Å². The van der Waals surface area contributed by atoms with E-state index in [1.165, 1.54) is 51.7 Å². The third-order valence-electron chi connectivity index (χ3n) is 5.96. The molecule has 20 heavy (non-hydrogen) atoms. The first-order valence-electron chi connectivity index (χ1n) is 8.77. The zero-order valence-electron chi connectivity index (χ0n) is 13.5. The fraction of sp³-hybridized carbons (Fsp3) is 1.00. The molecular formula is C17H32N2O. The third-order valence-corrected chi connectivity index (χ3v) is 5.96. The first-order valence-corrected chi connectivity index (χ1v) is 8.77. The molecule has 0 aromatic carbocycles. The highest BCUT2D eigenvalue weighted by molar-refractivity contribution is 5.04. The molecule has 3 fully saturated rings. The van der Waals surface area contributed by atoms with E-state index < -0.39 is 0 Å². The summed E-state index contributed by atoms with van der Waals surface area (Å²) >= 11 is 0. The molecule has 2 aliphatic heterocycles. The molecule has 0 bridgehead atoms. The van der Waals surface area contributed by atoms with Crippen molar-refractivity contribution >= 4 is 0 Å². The molecule has 4 atom stereocenters. The second-order valence-corrected chi connectivity index (χ2v) is 7.43. The average molecular weight is 280 g/mol. The summed E-state index contributed by atoms with van der Waals surface area (Å²) in [5, 5.41) is 3.87. The molecule has 0 aromatic rings. The van der Waals surface area contributed by atoms with Gasteiger partial charge in [-0.25, -0.2) is 0 Å². The zero-order chi connectivity index (χ0) is 14.2. The largest absolute Gasteiger partial charge is 0.378 e. The van der Waals surface area contributed by atoms with Crippen molar-refractivity contribution < 1.29 is 4.74 Å². The lowest BCUT2D eigenvalue weighted by Gasteiger charge is -2.47. The first-order chi connectivity index (χ1) is 9.66. The molecule has 2 heterocycles. The van der Waals surface area contributed by atoms with E-state index in [0.29, 0.717) is 11.6 Å². The van der Waals surface area contributed by atoms with E-state index in [-0.39, 0.29) is 0 Å². The van der Waals surface area contributed by atoms with Crippen LogP contribution >= 0.6 is 0 Å². The Hall–Kier alpha value is -0.120. The van der Waals surface area contributed by atoms with Gasteiger partial charge in [-0.2, -0.15) is 0 Å². The predicted molar refractivity (Wildman–Crippen MR) is 82.9 cm³/mol. The number of rotatable bonds is 5. The van der Waals surface area contributed by atoms with Gasteiger partial charge in [-0.05, 0) is 50.9 Å². The molecule has 3 nitrogen and oxygen atoms in total. The third kappa shape index (κ3) is 2.90. The van der Waals surface area contributed by atoms with Crippen LogP contribution in [0.3, 0.4) is 0 Å². The molecule has 0 amide bonds. The zero-order valence-corrected chi connectivity index (χ0v) is 13.5. The maximum atomic E-state index is 5.89. The summed E-state index contributed by atoms with van der Waals surface area (Å²) in [6, 6.07) is 0.722. The molecule has 116 valence electrons. The number of hydrogen-bond acceptors (Lipinski definition) is 3. The Labute approximate surface area is 124 Å². The van der Waals surface area contributed by atoms with Gasteiger partial charge in [0.05, 0.1) is 6.10 Å². The minimum Gasteiger partial charge on any atom is -0.378 e. The van der Waals surface area contributed by atoms with Gasteiger partial charge in [-0.1, -0.05) is 13.8 Å². The van der Waals surface area contributed by atoms with E-state index in [2.05, 4.69) is 31.0 Å². The number of piperazine rings is 1. The number of nitrogens with zero attached hydrogens (tertiary/aromatic N) is 1. The summed E-state index contributed by atoms with van der Waals surface area (Å²) in [6.45, 7) is 11.7. The summed E-state index contributed by atoms with van der Waals surface area (Å²) in [7, 11) is 0. The van der Waals surface area contributed by atoms with Gasteiger partial charge in [0.15, 0.2) is 0 Å². The molecule has 1 N–H and O–H groups in total. The summed E-state index contributed by atoms with van der Waals surface area (Å²) in [4.78, 5) is 2.79. The maximum absolute atomic E-state index is 5.89. The molecule has 1 saturated carbocycles. The van der Waals surface area contributed by atoms with E-state index in [1.807, 2.05) is 0 Å². The second kappa shape index (κ2) is 5.94. The van der Waals surface area contributed by atoms with Crippen LogP contribution < -0.4 is 5.32 Å². The van der Waals surface area contributed by atoms with Gasteiger partial charge in [-0.3, -0.25) is 4.90 Å². The number of nitrogens with one attached hydrogen (secondary N) is 1. The fourth-order valence-electron chi connectivity index (χ4n) is 4.35. The van der Waals surface area contributed by atoms with Gasteiger partial charge < -0.3 is 10.1 Å². The molecule has 0 aromatic heterocycles. The summed E-state index contributed by atoms with van der Waals surface area (Å²) in [5.74, 6) is 1.68. The van der Waals surface area contributed by atoms with Crippen LogP contribution in [0.15, 0.2) is 0 Å². The van der Waals surface area contributed by atoms with Crippen LogP contribution in [0.2, 0.25) is 0 Å². The van der Waals surface area contributed by atoms with Crippen LogP contribution in [-0.2, 0) is 4.74 Å². The Bertz CT molecular complexity index is 331. The van der Waals surface area contributed by atoms with Crippen LogP contribution in [0.25, 0.3) is 0 Å². The predicted octanol–water partition coefficient (Wildman–Crippen LogP) is 2.65. The van der Waals surface area contributed by atoms with Gasteiger partial charge in [0.2, 0.25) is 0 Å². The van der Waals surface area contributed by atoms with Crippen molar-refractivity contribution in [1.82, 2.24) is 10.2 Å². The Morgan fingerprint density at radius 2 is 2.00 bits per heavy atom. The Morgan fingerprint density at radius 1 is 1.20 bits per heavy atom. The Morgan fingerprint density at radius 3 is 2.65 bits per heavy atom. The first kappa shape index (κ1) is 14.8. The molecule has 1 aliphatic carbocycles. The lowest BCUT2D eigenvalue weighted by molar-refractivity contribution is 0.0341. The average Bonchev–Trinajstić information content (AvgIpc) is 3.21. The highest BCUT2D eigenvalue weighted by Crippen LogP contribution is 2.42. The fourth-order valence-corrected chi connectivity index (χ4v) is 4.35. The van der Waals surface area contributed by atoms with Gasteiger partial charge in [0.1, 0.15) is 0 Å². The molecular weight excluding hydrogens is 248 g/mol. The van der Waals surface area contributed by atoms with Crippen molar-refractivity contribution in [1.29, 1.82) is 0 Å². The molecule has 3 aliphatic rings. The van der Waals surface area contributed by atoms with Gasteiger partial charge in [0.25, 0.3) is 0 Å². The van der Waals surface area contributed by atoms with Gasteiger partial charge in [0, 0.05) is 37.8 Å². The summed E-state index contributed by atoms with van der Waals surface area (Å²) in [6.07, 6.45) is 7.07. The maximum Gasteiger partial charge on any atom is 0.0613 e. The monoisotopic (exact) mass is 280 g/mol. The number of hydrogen-bond donors (Lipinski definition) is 1. The van der Waals surface area contributed by atoms with Gasteiger partial charge >= 0.3 is 0 Å². The molecule has 3 rings (SSSR count). The quantitative estimate of drug-likeness (QED) is 0.838. The van der Waals surface area contributed by atoms with Crippen molar-refractivity contribution in [3.8, 4) is 0 Å². The number of ether oxygens (including phenoxy) is 1. The van der Waals surface area contributed by atoms with E-state index in [4.69, 9.17) is 4.74 Å². The van der Waals surface area contributed by atoms with Crippen molar-refractivity contribution in [2.24, 2.45) is 11.8 Å². The summed E-state index contributed by atoms with van der Waals surface area (Å²) in [5.41, 5.74) is 0.368. The highest BCUT2D eigenvalue weighted by atomic mass is 16.5. The topological polar surface area (TPSA) is 24.5 Å². The molecule has 0 spiro atoms. The standard InChI is InChI=1S/C17H32N2O/c1-4-15-10-18-17(3,14-6-7-14)12-19(15)11-13-8-9-20-16(13)5-2/h13-16,18H,4-12H2,1-3H3. The van der Waals surface area contributed by atoms with Crippen molar-refractivity contribution in [3.05, 3.63) is 0 Å². The van der Waals surface area contributed by atoms with Crippen LogP contribution in [0, 0.1) is 11.8 Å².